The molecule has 124 valence electrons. The van der Waals surface area contributed by atoms with Gasteiger partial charge in [-0.2, -0.15) is 0 Å². The van der Waals surface area contributed by atoms with Crippen molar-refractivity contribution in [2.75, 3.05) is 11.4 Å². The van der Waals surface area contributed by atoms with E-state index in [0.717, 1.165) is 37.0 Å². The molecule has 1 atom stereocenters. The summed E-state index contributed by atoms with van der Waals surface area (Å²) in [5.41, 5.74) is 2.74. The second-order valence-electron chi connectivity index (χ2n) is 6.33. The molecule has 1 aromatic carbocycles. The van der Waals surface area contributed by atoms with Gasteiger partial charge in [-0.25, -0.2) is 14.4 Å². The van der Waals surface area contributed by atoms with Crippen molar-refractivity contribution in [3.8, 4) is 0 Å². The van der Waals surface area contributed by atoms with Crippen molar-refractivity contribution in [2.24, 2.45) is 0 Å². The van der Waals surface area contributed by atoms with E-state index in [2.05, 4.69) is 38.1 Å². The summed E-state index contributed by atoms with van der Waals surface area (Å²) in [7, 11) is 0. The van der Waals surface area contributed by atoms with E-state index in [0.29, 0.717) is 17.9 Å². The minimum absolute atomic E-state index is 0.125. The highest BCUT2D eigenvalue weighted by atomic mass is 19.1. The largest absolute Gasteiger partial charge is 0.357 e. The van der Waals surface area contributed by atoms with Crippen LogP contribution in [0.3, 0.4) is 0 Å². The molecule has 1 N–H and O–H groups in total. The van der Waals surface area contributed by atoms with E-state index in [1.807, 2.05) is 19.1 Å². The van der Waals surface area contributed by atoms with E-state index in [9.17, 15) is 4.39 Å². The molecule has 4 rings (SSSR count). The number of hydrogen-bond acceptors (Lipinski definition) is 3. The summed E-state index contributed by atoms with van der Waals surface area (Å²) in [4.78, 5) is 13.9. The first-order valence-corrected chi connectivity index (χ1v) is 8.61. The number of aromatic amines is 1. The summed E-state index contributed by atoms with van der Waals surface area (Å²) in [6.07, 6.45) is 5.25. The average molecular weight is 324 g/mol. The van der Waals surface area contributed by atoms with Crippen LogP contribution in [0.5, 0.6) is 0 Å². The molecule has 0 bridgehead atoms. The summed E-state index contributed by atoms with van der Waals surface area (Å²) < 4.78 is 14.8. The Morgan fingerprint density at radius 2 is 2.12 bits per heavy atom. The van der Waals surface area contributed by atoms with Gasteiger partial charge in [-0.1, -0.05) is 25.1 Å². The van der Waals surface area contributed by atoms with Gasteiger partial charge in [0.1, 0.15) is 6.33 Å². The first-order valence-electron chi connectivity index (χ1n) is 8.61. The summed E-state index contributed by atoms with van der Waals surface area (Å²) in [6, 6.07) is 10.5. The maximum atomic E-state index is 14.8. The molecule has 3 aromatic rings. The monoisotopic (exact) mass is 324 g/mol. The van der Waals surface area contributed by atoms with E-state index in [1.54, 1.807) is 0 Å². The fourth-order valence-electron chi connectivity index (χ4n) is 3.63. The molecule has 24 heavy (non-hydrogen) atoms. The van der Waals surface area contributed by atoms with Crippen LogP contribution in [0.15, 0.2) is 36.7 Å². The lowest BCUT2D eigenvalue weighted by Gasteiger charge is -2.36. The number of halogens is 1. The highest BCUT2D eigenvalue weighted by molar-refractivity contribution is 5.80. The highest BCUT2D eigenvalue weighted by Gasteiger charge is 2.29. The second-order valence-corrected chi connectivity index (χ2v) is 6.33. The third-order valence-electron chi connectivity index (χ3n) is 4.86. The number of nitrogens with zero attached hydrogens (tertiary/aromatic N) is 3. The lowest BCUT2D eigenvalue weighted by molar-refractivity contribution is 0.452. The molecule has 1 fully saturated rings. The predicted octanol–water partition coefficient (Wildman–Crippen LogP) is 4.39. The number of H-pyrrole nitrogens is 1. The normalized spacial score (nSPS) is 18.2. The van der Waals surface area contributed by atoms with Crippen molar-refractivity contribution in [3.63, 3.8) is 0 Å². The molecule has 0 aliphatic carbocycles. The number of anilines is 1. The molecule has 1 aliphatic heterocycles. The van der Waals surface area contributed by atoms with Crippen molar-refractivity contribution in [1.82, 2.24) is 15.0 Å². The van der Waals surface area contributed by atoms with Gasteiger partial charge in [0.2, 0.25) is 0 Å². The topological polar surface area (TPSA) is 44.8 Å². The molecule has 3 heterocycles. The number of piperidine rings is 1. The number of nitrogens with one attached hydrogen (secondary N) is 1. The van der Waals surface area contributed by atoms with E-state index in [-0.39, 0.29) is 11.9 Å². The SMILES string of the molecule is CCc1ncnc(N2CCCCC2c2cc3ccccc3[nH]2)c1F. The van der Waals surface area contributed by atoms with Crippen molar-refractivity contribution >= 4 is 16.7 Å². The van der Waals surface area contributed by atoms with Crippen LogP contribution >= 0.6 is 0 Å². The van der Waals surface area contributed by atoms with Crippen LogP contribution in [0, 0.1) is 5.82 Å². The maximum Gasteiger partial charge on any atom is 0.187 e. The lowest BCUT2D eigenvalue weighted by Crippen LogP contribution is -2.35. The molecule has 1 aliphatic rings. The molecular weight excluding hydrogens is 303 g/mol. The Balaban J connectivity index is 1.76. The minimum atomic E-state index is -0.275. The highest BCUT2D eigenvalue weighted by Crippen LogP contribution is 2.36. The van der Waals surface area contributed by atoms with Crippen LogP contribution in [-0.2, 0) is 6.42 Å². The Morgan fingerprint density at radius 3 is 2.96 bits per heavy atom. The Labute approximate surface area is 140 Å². The summed E-state index contributed by atoms with van der Waals surface area (Å²) in [6.45, 7) is 2.73. The van der Waals surface area contributed by atoms with Gasteiger partial charge in [-0.3, -0.25) is 0 Å². The van der Waals surface area contributed by atoms with Crippen molar-refractivity contribution < 1.29 is 4.39 Å². The van der Waals surface area contributed by atoms with Crippen LogP contribution in [0.4, 0.5) is 10.2 Å². The molecule has 1 unspecified atom stereocenters. The molecule has 2 aromatic heterocycles. The molecule has 0 radical (unpaired) electrons. The maximum absolute atomic E-state index is 14.8. The van der Waals surface area contributed by atoms with Gasteiger partial charge in [-0.05, 0) is 43.2 Å². The number of aryl methyl sites for hydroxylation is 1. The molecule has 0 amide bonds. The van der Waals surface area contributed by atoms with E-state index < -0.39 is 0 Å². The fraction of sp³-hybridized carbons (Fsp3) is 0.368. The molecular formula is C19H21FN4. The first kappa shape index (κ1) is 15.1. The Morgan fingerprint density at radius 1 is 1.25 bits per heavy atom. The standard InChI is InChI=1S/C19H21FN4/c1-2-14-18(20)19(22-12-21-14)24-10-6-5-9-17(24)16-11-13-7-3-4-8-15(13)23-16/h3-4,7-8,11-12,17,23H,2,5-6,9-10H2,1H3. The second kappa shape index (κ2) is 6.23. The van der Waals surface area contributed by atoms with Gasteiger partial charge >= 0.3 is 0 Å². The van der Waals surface area contributed by atoms with Crippen LogP contribution in [0.2, 0.25) is 0 Å². The smallest absolute Gasteiger partial charge is 0.187 e. The van der Waals surface area contributed by atoms with Gasteiger partial charge in [0.25, 0.3) is 0 Å². The first-order chi connectivity index (χ1) is 11.8. The van der Waals surface area contributed by atoms with Crippen LogP contribution in [0.25, 0.3) is 10.9 Å². The van der Waals surface area contributed by atoms with Gasteiger partial charge in [0, 0.05) is 17.8 Å². The minimum Gasteiger partial charge on any atom is -0.357 e. The third kappa shape index (κ3) is 2.54. The number of aromatic nitrogens is 3. The molecule has 4 nitrogen and oxygen atoms in total. The quantitative estimate of drug-likeness (QED) is 0.777. The number of fused-ring (bicyclic) bond motifs is 1. The molecule has 1 saturated heterocycles. The zero-order chi connectivity index (χ0) is 16.5. The Bertz CT molecular complexity index is 824. The van der Waals surface area contributed by atoms with Gasteiger partial charge < -0.3 is 9.88 Å². The molecule has 0 spiro atoms. The number of benzene rings is 1. The van der Waals surface area contributed by atoms with Crippen LogP contribution in [0.1, 0.15) is 43.6 Å². The van der Waals surface area contributed by atoms with Crippen molar-refractivity contribution in [2.45, 2.75) is 38.6 Å². The van der Waals surface area contributed by atoms with Gasteiger partial charge in [0.05, 0.1) is 11.7 Å². The summed E-state index contributed by atoms with van der Waals surface area (Å²) >= 11 is 0. The summed E-state index contributed by atoms with van der Waals surface area (Å²) in [5, 5.41) is 1.19. The predicted molar refractivity (Wildman–Crippen MR) is 93.6 cm³/mol. The van der Waals surface area contributed by atoms with Gasteiger partial charge in [0.15, 0.2) is 11.6 Å². The number of rotatable bonds is 3. The zero-order valence-corrected chi connectivity index (χ0v) is 13.8. The van der Waals surface area contributed by atoms with Crippen molar-refractivity contribution in [1.29, 1.82) is 0 Å². The van der Waals surface area contributed by atoms with Gasteiger partial charge in [-0.15, -0.1) is 0 Å². The summed E-state index contributed by atoms with van der Waals surface area (Å²) in [5.74, 6) is 0.160. The lowest BCUT2D eigenvalue weighted by atomic mass is 9.99. The van der Waals surface area contributed by atoms with E-state index in [1.165, 1.54) is 11.7 Å². The van der Waals surface area contributed by atoms with Crippen LogP contribution in [-0.4, -0.2) is 21.5 Å². The third-order valence-corrected chi connectivity index (χ3v) is 4.86. The molecule has 5 heteroatoms. The number of hydrogen-bond donors (Lipinski definition) is 1. The van der Waals surface area contributed by atoms with Crippen LogP contribution < -0.4 is 4.90 Å². The number of para-hydroxylation sites is 1. The average Bonchev–Trinajstić information content (AvgIpc) is 3.06. The van der Waals surface area contributed by atoms with Crippen molar-refractivity contribution in [3.05, 3.63) is 53.9 Å². The molecule has 0 saturated carbocycles. The zero-order valence-electron chi connectivity index (χ0n) is 13.8. The fourth-order valence-corrected chi connectivity index (χ4v) is 3.63. The Hall–Kier alpha value is -2.43. The van der Waals surface area contributed by atoms with E-state index >= 15 is 0 Å². The Kier molecular flexibility index (Phi) is 3.92. The van der Waals surface area contributed by atoms with E-state index in [4.69, 9.17) is 0 Å².